The Bertz CT molecular complexity index is 266. The van der Waals surface area contributed by atoms with Crippen molar-refractivity contribution in [2.24, 2.45) is 5.92 Å². The van der Waals surface area contributed by atoms with Crippen LogP contribution >= 0.6 is 0 Å². The van der Waals surface area contributed by atoms with Gasteiger partial charge in [0.2, 0.25) is 0 Å². The predicted molar refractivity (Wildman–Crippen MR) is 46.8 cm³/mol. The molecule has 1 unspecified atom stereocenters. The smallest absolute Gasteiger partial charge is 0.311 e. The van der Waals surface area contributed by atoms with Gasteiger partial charge in [-0.1, -0.05) is 0 Å². The summed E-state index contributed by atoms with van der Waals surface area (Å²) in [5, 5.41) is 16.9. The first-order valence-corrected chi connectivity index (χ1v) is 4.31. The molecule has 0 amide bonds. The van der Waals surface area contributed by atoms with E-state index in [2.05, 4.69) is 0 Å². The Kier molecular flexibility index (Phi) is 4.98. The van der Waals surface area contributed by atoms with Crippen LogP contribution in [-0.4, -0.2) is 31.2 Å². The molecule has 0 aliphatic carbocycles. The van der Waals surface area contributed by atoms with E-state index in [1.165, 1.54) is 6.92 Å². The zero-order valence-electron chi connectivity index (χ0n) is 7.02. The minimum absolute atomic E-state index is 0.0360. The second-order valence-corrected chi connectivity index (χ2v) is 3.33. The van der Waals surface area contributed by atoms with Crippen LogP contribution in [0.1, 0.15) is 19.8 Å². The standard InChI is InChI=1S/C7H10O5S/c1-4(13-12)5(7(10)11)2-3-6(8)9/h5H,2-3H2,1H3,(H,8,9)(H,10,11). The Hall–Kier alpha value is -1.17. The number of hydrogen-bond acceptors (Lipinski definition) is 3. The van der Waals surface area contributed by atoms with E-state index in [-0.39, 0.29) is 29.0 Å². The van der Waals surface area contributed by atoms with E-state index in [1.807, 2.05) is 0 Å². The summed E-state index contributed by atoms with van der Waals surface area (Å²) in [6.45, 7) is 1.40. The highest BCUT2D eigenvalue weighted by molar-refractivity contribution is 7.66. The lowest BCUT2D eigenvalue weighted by molar-refractivity contribution is -0.140. The van der Waals surface area contributed by atoms with Gasteiger partial charge in [0, 0.05) is 11.3 Å². The molecule has 0 aromatic rings. The Balaban J connectivity index is 4.36. The number of carboxylic acid groups (broad SMARTS) is 2. The maximum absolute atomic E-state index is 10.5. The molecular formula is C7H10O5S. The van der Waals surface area contributed by atoms with Gasteiger partial charge in [-0.3, -0.25) is 9.59 Å². The molecule has 74 valence electrons. The molecule has 0 aliphatic rings. The Morgan fingerprint density at radius 1 is 1.38 bits per heavy atom. The van der Waals surface area contributed by atoms with Gasteiger partial charge in [0.15, 0.2) is 0 Å². The summed E-state index contributed by atoms with van der Waals surface area (Å²) < 4.78 is 10.3. The summed E-state index contributed by atoms with van der Waals surface area (Å²) in [5.41, 5.74) is 0. The highest BCUT2D eigenvalue weighted by atomic mass is 32.1. The third-order valence-corrected chi connectivity index (χ3v) is 2.11. The lowest BCUT2D eigenvalue weighted by atomic mass is 10.0. The van der Waals surface area contributed by atoms with Crippen LogP contribution in [0.4, 0.5) is 0 Å². The fraction of sp³-hybridized carbons (Fsp3) is 0.571. The van der Waals surface area contributed by atoms with E-state index in [0.29, 0.717) is 0 Å². The minimum Gasteiger partial charge on any atom is -0.481 e. The van der Waals surface area contributed by atoms with Crippen molar-refractivity contribution in [1.29, 1.82) is 0 Å². The van der Waals surface area contributed by atoms with Crippen LogP contribution in [0.15, 0.2) is 0 Å². The summed E-state index contributed by atoms with van der Waals surface area (Å²) in [7, 11) is 0. The van der Waals surface area contributed by atoms with Crippen molar-refractivity contribution < 1.29 is 24.0 Å². The SMILES string of the molecule is CC(=S=O)C(CCC(=O)O)C(=O)O. The number of carboxylic acids is 2. The van der Waals surface area contributed by atoms with Crippen LogP contribution in [0.25, 0.3) is 0 Å². The van der Waals surface area contributed by atoms with Gasteiger partial charge in [-0.25, -0.2) is 4.21 Å². The fourth-order valence-corrected chi connectivity index (χ4v) is 1.16. The van der Waals surface area contributed by atoms with Crippen molar-refractivity contribution in [3.05, 3.63) is 0 Å². The van der Waals surface area contributed by atoms with E-state index >= 15 is 0 Å². The molecule has 2 N–H and O–H groups in total. The zero-order chi connectivity index (χ0) is 10.4. The average Bonchev–Trinajstić information content (AvgIpc) is 2.03. The van der Waals surface area contributed by atoms with Crippen LogP contribution in [0.5, 0.6) is 0 Å². The molecule has 0 saturated heterocycles. The topological polar surface area (TPSA) is 91.7 Å². The summed E-state index contributed by atoms with van der Waals surface area (Å²) in [6.07, 6.45) is -0.277. The van der Waals surface area contributed by atoms with Crippen molar-refractivity contribution >= 4 is 28.1 Å². The quantitative estimate of drug-likeness (QED) is 0.616. The van der Waals surface area contributed by atoms with Crippen molar-refractivity contribution in [2.45, 2.75) is 19.8 Å². The van der Waals surface area contributed by atoms with E-state index in [9.17, 15) is 13.8 Å². The van der Waals surface area contributed by atoms with Crippen LogP contribution < -0.4 is 0 Å². The highest BCUT2D eigenvalue weighted by Gasteiger charge is 2.21. The molecule has 0 aliphatic heterocycles. The van der Waals surface area contributed by atoms with Crippen LogP contribution in [0.3, 0.4) is 0 Å². The normalized spacial score (nSPS) is 11.8. The molecule has 0 spiro atoms. The number of rotatable bonds is 5. The van der Waals surface area contributed by atoms with Gasteiger partial charge in [0.25, 0.3) is 0 Å². The average molecular weight is 206 g/mol. The molecule has 0 radical (unpaired) electrons. The van der Waals surface area contributed by atoms with Gasteiger partial charge >= 0.3 is 11.9 Å². The third kappa shape index (κ3) is 4.41. The molecule has 0 saturated carbocycles. The molecular weight excluding hydrogens is 196 g/mol. The van der Waals surface area contributed by atoms with Gasteiger partial charge in [-0.2, -0.15) is 0 Å². The van der Waals surface area contributed by atoms with Gasteiger partial charge in [-0.15, -0.1) is 0 Å². The molecule has 0 heterocycles. The van der Waals surface area contributed by atoms with E-state index in [1.54, 1.807) is 0 Å². The summed E-state index contributed by atoms with van der Waals surface area (Å²) in [4.78, 5) is 20.9. The van der Waals surface area contributed by atoms with Crippen molar-refractivity contribution in [3.8, 4) is 0 Å². The second-order valence-electron chi connectivity index (χ2n) is 2.52. The minimum atomic E-state index is -1.15. The largest absolute Gasteiger partial charge is 0.481 e. The lowest BCUT2D eigenvalue weighted by Crippen LogP contribution is -2.22. The van der Waals surface area contributed by atoms with Crippen molar-refractivity contribution in [1.82, 2.24) is 0 Å². The molecule has 0 aromatic carbocycles. The van der Waals surface area contributed by atoms with E-state index < -0.39 is 17.9 Å². The predicted octanol–water partition coefficient (Wildman–Crippen LogP) is -0.0427. The molecule has 5 nitrogen and oxygen atoms in total. The Labute approximate surface area is 78.5 Å². The first-order valence-electron chi connectivity index (χ1n) is 3.57. The maximum atomic E-state index is 10.5. The number of carbonyl (C=O) groups is 2. The Morgan fingerprint density at radius 3 is 2.23 bits per heavy atom. The van der Waals surface area contributed by atoms with Gasteiger partial charge in [0.1, 0.15) is 0 Å². The van der Waals surface area contributed by atoms with E-state index in [4.69, 9.17) is 10.2 Å². The monoisotopic (exact) mass is 206 g/mol. The van der Waals surface area contributed by atoms with Gasteiger partial charge in [-0.05, 0) is 13.3 Å². The van der Waals surface area contributed by atoms with Gasteiger partial charge in [0.05, 0.1) is 17.2 Å². The molecule has 0 aromatic heterocycles. The third-order valence-electron chi connectivity index (χ3n) is 1.57. The van der Waals surface area contributed by atoms with Gasteiger partial charge < -0.3 is 10.2 Å². The van der Waals surface area contributed by atoms with E-state index in [0.717, 1.165) is 0 Å². The van der Waals surface area contributed by atoms with Crippen LogP contribution in [0.2, 0.25) is 0 Å². The molecule has 0 rings (SSSR count). The Morgan fingerprint density at radius 2 is 1.92 bits per heavy atom. The maximum Gasteiger partial charge on any atom is 0.311 e. The molecule has 6 heteroatoms. The highest BCUT2D eigenvalue weighted by Crippen LogP contribution is 2.08. The first-order chi connectivity index (χ1) is 5.99. The summed E-state index contributed by atoms with van der Waals surface area (Å²) >= 11 is 0.106. The summed E-state index contributed by atoms with van der Waals surface area (Å²) in [6, 6.07) is 0. The zero-order valence-corrected chi connectivity index (χ0v) is 7.84. The number of aliphatic carboxylic acids is 2. The van der Waals surface area contributed by atoms with Crippen LogP contribution in [0, 0.1) is 5.92 Å². The molecule has 1 atom stereocenters. The summed E-state index contributed by atoms with van der Waals surface area (Å²) in [5.74, 6) is -3.17. The first kappa shape index (κ1) is 11.8. The van der Waals surface area contributed by atoms with Crippen molar-refractivity contribution in [2.75, 3.05) is 0 Å². The van der Waals surface area contributed by atoms with Crippen molar-refractivity contribution in [3.63, 3.8) is 0 Å². The lowest BCUT2D eigenvalue weighted by Gasteiger charge is -2.07. The second kappa shape index (κ2) is 5.47. The molecule has 0 fully saturated rings. The fourth-order valence-electron chi connectivity index (χ4n) is 0.827. The molecule has 0 bridgehead atoms. The number of hydrogen-bond donors (Lipinski definition) is 2. The van der Waals surface area contributed by atoms with Crippen LogP contribution in [-0.2, 0) is 20.8 Å². The molecule has 13 heavy (non-hydrogen) atoms.